The predicted molar refractivity (Wildman–Crippen MR) is 104 cm³/mol. The second-order valence-electron chi connectivity index (χ2n) is 7.09. The van der Waals surface area contributed by atoms with Crippen molar-refractivity contribution in [3.8, 4) is 0 Å². The van der Waals surface area contributed by atoms with Gasteiger partial charge in [-0.2, -0.15) is 0 Å². The Balaban J connectivity index is 2.91. The summed E-state index contributed by atoms with van der Waals surface area (Å²) < 4.78 is 1.42. The number of hydrogen-bond donors (Lipinski definition) is 0. The molecule has 132 valence electrons. The Bertz CT molecular complexity index is 159. The molecule has 0 N–H and O–H groups in total. The Hall–Kier alpha value is 0.818. The number of hydrogen-bond acceptors (Lipinski definition) is 0. The Kier molecular flexibility index (Phi) is 22.6. The summed E-state index contributed by atoms with van der Waals surface area (Å²) in [5.41, 5.74) is 0. The standard InChI is InChI=1S/C21H43.Sb/c1-3-5-7-9-11-13-15-17-19-21-20-18-16-14-12-10-8-6-4-2;/h1,3-21H2,2H3;. The Morgan fingerprint density at radius 1 is 0.364 bits per heavy atom. The summed E-state index contributed by atoms with van der Waals surface area (Å²) in [5, 5.41) is 0. The van der Waals surface area contributed by atoms with E-state index in [4.69, 9.17) is 0 Å². The summed E-state index contributed by atoms with van der Waals surface area (Å²) in [7, 11) is 0. The van der Waals surface area contributed by atoms with E-state index in [1.165, 1.54) is 126 Å². The Morgan fingerprint density at radius 2 is 0.591 bits per heavy atom. The van der Waals surface area contributed by atoms with Crippen LogP contribution < -0.4 is 0 Å². The van der Waals surface area contributed by atoms with Gasteiger partial charge in [-0.3, -0.25) is 0 Å². The average Bonchev–Trinajstić information content (AvgIpc) is 2.54. The third-order valence-corrected chi connectivity index (χ3v) is 5.66. The van der Waals surface area contributed by atoms with Crippen molar-refractivity contribution in [1.29, 1.82) is 0 Å². The Labute approximate surface area is 156 Å². The van der Waals surface area contributed by atoms with Crippen LogP contribution in [0.15, 0.2) is 0 Å². The van der Waals surface area contributed by atoms with Crippen molar-refractivity contribution >= 4 is 23.0 Å². The summed E-state index contributed by atoms with van der Waals surface area (Å²) >= 11 is 1.98. The molecule has 0 saturated carbocycles. The van der Waals surface area contributed by atoms with E-state index in [-0.39, 0.29) is 0 Å². The molecule has 0 amide bonds. The maximum atomic E-state index is 2.30. The molecular formula is C21H43Sb. The fraction of sp³-hybridized carbons (Fsp3) is 1.00. The molecule has 0 bridgehead atoms. The first-order valence-electron chi connectivity index (χ1n) is 10.5. The zero-order valence-corrected chi connectivity index (χ0v) is 18.1. The third-order valence-electron chi connectivity index (χ3n) is 4.76. The molecule has 0 spiro atoms. The third kappa shape index (κ3) is 20.8. The van der Waals surface area contributed by atoms with Gasteiger partial charge in [-0.15, -0.1) is 0 Å². The van der Waals surface area contributed by atoms with Gasteiger partial charge in [0.05, 0.1) is 0 Å². The van der Waals surface area contributed by atoms with Crippen LogP contribution in [0.2, 0.25) is 4.37 Å². The van der Waals surface area contributed by atoms with Crippen LogP contribution in [0.5, 0.6) is 0 Å². The minimum atomic E-state index is 1.37. The molecule has 0 aromatic rings. The van der Waals surface area contributed by atoms with Crippen LogP contribution in [0.4, 0.5) is 0 Å². The molecule has 0 heterocycles. The monoisotopic (exact) mass is 416 g/mol. The Morgan fingerprint density at radius 3 is 0.818 bits per heavy atom. The van der Waals surface area contributed by atoms with Crippen LogP contribution in [0.1, 0.15) is 129 Å². The van der Waals surface area contributed by atoms with E-state index in [2.05, 4.69) is 6.92 Å². The van der Waals surface area contributed by atoms with Gasteiger partial charge in [0, 0.05) is 0 Å². The van der Waals surface area contributed by atoms with Crippen LogP contribution in [-0.2, 0) is 0 Å². The second kappa shape index (κ2) is 21.8. The normalized spacial score (nSPS) is 11.2. The summed E-state index contributed by atoms with van der Waals surface area (Å²) in [6.45, 7) is 2.30. The van der Waals surface area contributed by atoms with Gasteiger partial charge in [0.2, 0.25) is 0 Å². The molecule has 0 rings (SSSR count). The van der Waals surface area contributed by atoms with Crippen LogP contribution in [0.25, 0.3) is 0 Å². The van der Waals surface area contributed by atoms with Gasteiger partial charge in [0.15, 0.2) is 0 Å². The molecule has 0 aromatic carbocycles. The van der Waals surface area contributed by atoms with Crippen molar-refractivity contribution in [2.45, 2.75) is 133 Å². The molecule has 22 heavy (non-hydrogen) atoms. The molecule has 0 aliphatic heterocycles. The van der Waals surface area contributed by atoms with Crippen molar-refractivity contribution in [3.63, 3.8) is 0 Å². The predicted octanol–water partition coefficient (Wildman–Crippen LogP) is 8.01. The molecule has 0 fully saturated rings. The van der Waals surface area contributed by atoms with Crippen LogP contribution in [0, 0.1) is 0 Å². The zero-order valence-electron chi connectivity index (χ0n) is 15.6. The minimum absolute atomic E-state index is 1.37. The summed E-state index contributed by atoms with van der Waals surface area (Å²) in [6.07, 6.45) is 28.1. The molecule has 0 atom stereocenters. The van der Waals surface area contributed by atoms with Gasteiger partial charge >= 0.3 is 98.0 Å². The van der Waals surface area contributed by atoms with E-state index in [0.717, 1.165) is 0 Å². The summed E-state index contributed by atoms with van der Waals surface area (Å²) in [4.78, 5) is 0. The van der Waals surface area contributed by atoms with Gasteiger partial charge in [-0.1, -0.05) is 58.3 Å². The van der Waals surface area contributed by atoms with Crippen LogP contribution in [-0.4, -0.2) is 23.0 Å². The maximum absolute atomic E-state index is 2.30. The second-order valence-corrected chi connectivity index (χ2v) is 8.36. The molecule has 0 saturated heterocycles. The molecule has 1 heteroatoms. The SMILES string of the molecule is CCCCCCCCCCCCCCCCCCCC[CH2][Sb]. The first kappa shape index (κ1) is 22.8. The molecule has 0 aliphatic rings. The molecule has 0 aliphatic carbocycles. The van der Waals surface area contributed by atoms with Crippen LogP contribution in [0.3, 0.4) is 0 Å². The van der Waals surface area contributed by atoms with Crippen molar-refractivity contribution in [3.05, 3.63) is 0 Å². The number of rotatable bonds is 19. The van der Waals surface area contributed by atoms with E-state index in [1.807, 2.05) is 23.0 Å². The average molecular weight is 417 g/mol. The first-order chi connectivity index (χ1) is 10.9. The first-order valence-corrected chi connectivity index (χ1v) is 12.3. The van der Waals surface area contributed by atoms with E-state index in [0.29, 0.717) is 0 Å². The van der Waals surface area contributed by atoms with Gasteiger partial charge in [-0.25, -0.2) is 0 Å². The zero-order chi connectivity index (χ0) is 16.1. The van der Waals surface area contributed by atoms with E-state index in [1.54, 1.807) is 0 Å². The van der Waals surface area contributed by atoms with Crippen molar-refractivity contribution in [1.82, 2.24) is 0 Å². The molecule has 0 nitrogen and oxygen atoms in total. The van der Waals surface area contributed by atoms with Crippen LogP contribution >= 0.6 is 0 Å². The van der Waals surface area contributed by atoms with Gasteiger partial charge in [-0.05, 0) is 0 Å². The molecular weight excluding hydrogens is 374 g/mol. The molecule has 0 aromatic heterocycles. The fourth-order valence-corrected chi connectivity index (χ4v) is 3.83. The van der Waals surface area contributed by atoms with E-state index < -0.39 is 0 Å². The molecule has 2 radical (unpaired) electrons. The van der Waals surface area contributed by atoms with Gasteiger partial charge < -0.3 is 0 Å². The van der Waals surface area contributed by atoms with Crippen molar-refractivity contribution in [2.75, 3.05) is 0 Å². The van der Waals surface area contributed by atoms with Crippen molar-refractivity contribution in [2.24, 2.45) is 0 Å². The molecule has 0 unspecified atom stereocenters. The fourth-order valence-electron chi connectivity index (χ4n) is 3.19. The van der Waals surface area contributed by atoms with E-state index >= 15 is 0 Å². The van der Waals surface area contributed by atoms with E-state index in [9.17, 15) is 0 Å². The number of unbranched alkanes of at least 4 members (excludes halogenated alkanes) is 18. The van der Waals surface area contributed by atoms with Gasteiger partial charge in [0.1, 0.15) is 0 Å². The topological polar surface area (TPSA) is 0 Å². The summed E-state index contributed by atoms with van der Waals surface area (Å²) in [5.74, 6) is 0. The van der Waals surface area contributed by atoms with Crippen molar-refractivity contribution < 1.29 is 0 Å². The summed E-state index contributed by atoms with van der Waals surface area (Å²) in [6, 6.07) is 0. The quantitative estimate of drug-likeness (QED) is 0.148. The van der Waals surface area contributed by atoms with Gasteiger partial charge in [0.25, 0.3) is 0 Å².